The molecule has 0 amide bonds. The predicted octanol–water partition coefficient (Wildman–Crippen LogP) is 2.91. The summed E-state index contributed by atoms with van der Waals surface area (Å²) >= 11 is 0. The zero-order chi connectivity index (χ0) is 22.6. The molecule has 0 aromatic heterocycles. The summed E-state index contributed by atoms with van der Waals surface area (Å²) in [5.74, 6) is -0.579. The van der Waals surface area contributed by atoms with Crippen LogP contribution in [0, 0.1) is 0 Å². The lowest BCUT2D eigenvalue weighted by atomic mass is 10.1. The fourth-order valence-corrected chi connectivity index (χ4v) is 3.13. The molecule has 10 heteroatoms. The highest BCUT2D eigenvalue weighted by Gasteiger charge is 2.21. The van der Waals surface area contributed by atoms with E-state index >= 15 is 0 Å². The van der Waals surface area contributed by atoms with Gasteiger partial charge in [0.15, 0.2) is 0 Å². The van der Waals surface area contributed by atoms with Gasteiger partial charge in [0, 0.05) is 24.8 Å². The molecule has 1 aromatic rings. The van der Waals surface area contributed by atoms with Gasteiger partial charge in [-0.2, -0.15) is 8.42 Å². The Morgan fingerprint density at radius 1 is 1.13 bits per heavy atom. The molecule has 1 atom stereocenters. The van der Waals surface area contributed by atoms with Crippen molar-refractivity contribution in [2.24, 2.45) is 0 Å². The summed E-state index contributed by atoms with van der Waals surface area (Å²) in [4.78, 5) is 22.3. The van der Waals surface area contributed by atoms with Gasteiger partial charge in [0.2, 0.25) is 6.29 Å². The third-order valence-electron chi connectivity index (χ3n) is 4.02. The van der Waals surface area contributed by atoms with Crippen LogP contribution in [-0.4, -0.2) is 51.7 Å². The fraction of sp³-hybridized carbons (Fsp3) is 0.600. The second-order valence-corrected chi connectivity index (χ2v) is 8.25. The van der Waals surface area contributed by atoms with Gasteiger partial charge in [0.25, 0.3) is 10.1 Å². The Bertz CT molecular complexity index is 789. The Morgan fingerprint density at radius 2 is 1.83 bits per heavy atom. The number of methoxy groups -OCH3 is 1. The SMILES string of the molecule is CCCCC(Oc1cccc(OCCCC(=O)O)c1CCC(=O)OC)OS(C)(=O)=O. The summed E-state index contributed by atoms with van der Waals surface area (Å²) in [5, 5.41) is 8.75. The molecule has 0 saturated heterocycles. The minimum atomic E-state index is -3.74. The fourth-order valence-electron chi connectivity index (χ4n) is 2.61. The number of rotatable bonds is 15. The molecule has 9 nitrogen and oxygen atoms in total. The van der Waals surface area contributed by atoms with Gasteiger partial charge in [-0.05, 0) is 31.4 Å². The van der Waals surface area contributed by atoms with Crippen LogP contribution in [0.1, 0.15) is 51.0 Å². The van der Waals surface area contributed by atoms with E-state index in [1.54, 1.807) is 18.2 Å². The van der Waals surface area contributed by atoms with Crippen molar-refractivity contribution in [1.29, 1.82) is 0 Å². The summed E-state index contributed by atoms with van der Waals surface area (Å²) in [6.07, 6.45) is 2.41. The van der Waals surface area contributed by atoms with Crippen LogP contribution in [0.4, 0.5) is 0 Å². The van der Waals surface area contributed by atoms with Gasteiger partial charge in [-0.3, -0.25) is 9.59 Å². The summed E-state index contributed by atoms with van der Waals surface area (Å²) < 4.78 is 44.5. The van der Waals surface area contributed by atoms with E-state index in [0.29, 0.717) is 36.3 Å². The molecule has 0 fully saturated rings. The maximum atomic E-state index is 11.6. The van der Waals surface area contributed by atoms with E-state index in [-0.39, 0.29) is 25.9 Å². The van der Waals surface area contributed by atoms with Crippen molar-refractivity contribution in [3.05, 3.63) is 23.8 Å². The normalized spacial score (nSPS) is 12.2. The summed E-state index contributed by atoms with van der Waals surface area (Å²) in [6, 6.07) is 4.99. The van der Waals surface area contributed by atoms with Gasteiger partial charge < -0.3 is 19.3 Å². The quantitative estimate of drug-likeness (QED) is 0.187. The highest BCUT2D eigenvalue weighted by atomic mass is 32.2. The Hall–Kier alpha value is -2.33. The van der Waals surface area contributed by atoms with E-state index in [2.05, 4.69) is 4.74 Å². The van der Waals surface area contributed by atoms with Crippen molar-refractivity contribution in [2.75, 3.05) is 20.0 Å². The summed E-state index contributed by atoms with van der Waals surface area (Å²) in [6.45, 7) is 2.13. The number of hydrogen-bond donors (Lipinski definition) is 1. The van der Waals surface area contributed by atoms with Crippen LogP contribution in [-0.2, 0) is 35.0 Å². The number of carbonyl (C=O) groups is 2. The Balaban J connectivity index is 3.08. The van der Waals surface area contributed by atoms with E-state index in [1.165, 1.54) is 7.11 Å². The number of benzene rings is 1. The number of carboxylic acids is 1. The van der Waals surface area contributed by atoms with Crippen LogP contribution in [0.2, 0.25) is 0 Å². The molecule has 170 valence electrons. The van der Waals surface area contributed by atoms with E-state index in [9.17, 15) is 18.0 Å². The minimum absolute atomic E-state index is 0.0328. The molecule has 1 rings (SSSR count). The van der Waals surface area contributed by atoms with E-state index in [4.69, 9.17) is 18.8 Å². The molecule has 30 heavy (non-hydrogen) atoms. The standard InChI is InChI=1S/C20H30O9S/c1-4-5-11-20(29-30(3,24)25)28-17-9-6-8-16(27-14-7-10-18(21)22)15(17)12-13-19(23)26-2/h6,8-9,20H,4-5,7,10-14H2,1-3H3,(H,21,22). The number of hydrogen-bond acceptors (Lipinski definition) is 8. The lowest BCUT2D eigenvalue weighted by molar-refractivity contribution is -0.140. The number of unbranched alkanes of at least 4 members (excludes halogenated alkanes) is 1. The van der Waals surface area contributed by atoms with Gasteiger partial charge in [-0.25, -0.2) is 4.18 Å². The molecule has 0 spiro atoms. The first-order chi connectivity index (χ1) is 14.2. The summed E-state index contributed by atoms with van der Waals surface area (Å²) in [7, 11) is -2.45. The van der Waals surface area contributed by atoms with Crippen LogP contribution in [0.25, 0.3) is 0 Å². The van der Waals surface area contributed by atoms with Gasteiger partial charge in [-0.1, -0.05) is 19.4 Å². The smallest absolute Gasteiger partial charge is 0.305 e. The molecular formula is C20H30O9S. The van der Waals surface area contributed by atoms with E-state index in [0.717, 1.165) is 12.7 Å². The maximum Gasteiger partial charge on any atom is 0.305 e. The lowest BCUT2D eigenvalue weighted by Crippen LogP contribution is -2.24. The van der Waals surface area contributed by atoms with E-state index < -0.39 is 28.3 Å². The highest BCUT2D eigenvalue weighted by molar-refractivity contribution is 7.86. The first-order valence-corrected chi connectivity index (χ1v) is 11.6. The number of carbonyl (C=O) groups excluding carboxylic acids is 1. The molecule has 1 aromatic carbocycles. The second-order valence-electron chi connectivity index (χ2n) is 6.64. The number of ether oxygens (including phenoxy) is 3. The van der Waals surface area contributed by atoms with Crippen LogP contribution in [0.15, 0.2) is 18.2 Å². The number of carboxylic acid groups (broad SMARTS) is 1. The van der Waals surface area contributed by atoms with Crippen molar-refractivity contribution < 1.29 is 41.5 Å². The maximum absolute atomic E-state index is 11.6. The third-order valence-corrected chi connectivity index (χ3v) is 4.59. The Labute approximate surface area is 177 Å². The molecular weight excluding hydrogens is 416 g/mol. The Kier molecular flexibility index (Phi) is 11.2. The van der Waals surface area contributed by atoms with Crippen molar-refractivity contribution in [3.8, 4) is 11.5 Å². The van der Waals surface area contributed by atoms with Crippen LogP contribution in [0.5, 0.6) is 11.5 Å². The lowest BCUT2D eigenvalue weighted by Gasteiger charge is -2.21. The van der Waals surface area contributed by atoms with Crippen molar-refractivity contribution in [3.63, 3.8) is 0 Å². The third kappa shape index (κ3) is 10.4. The predicted molar refractivity (Wildman–Crippen MR) is 109 cm³/mol. The molecule has 0 bridgehead atoms. The van der Waals surface area contributed by atoms with Crippen molar-refractivity contribution >= 4 is 22.1 Å². The number of esters is 1. The van der Waals surface area contributed by atoms with Crippen LogP contribution < -0.4 is 9.47 Å². The average Bonchev–Trinajstić information content (AvgIpc) is 2.67. The second kappa shape index (κ2) is 13.1. The minimum Gasteiger partial charge on any atom is -0.493 e. The van der Waals surface area contributed by atoms with Gasteiger partial charge >= 0.3 is 11.9 Å². The zero-order valence-electron chi connectivity index (χ0n) is 17.6. The monoisotopic (exact) mass is 446 g/mol. The summed E-state index contributed by atoms with van der Waals surface area (Å²) in [5.41, 5.74) is 0.553. The first kappa shape index (κ1) is 25.7. The zero-order valence-corrected chi connectivity index (χ0v) is 18.4. The van der Waals surface area contributed by atoms with Gasteiger partial charge in [0.05, 0.1) is 20.0 Å². The van der Waals surface area contributed by atoms with Crippen molar-refractivity contribution in [1.82, 2.24) is 0 Å². The topological polar surface area (TPSA) is 125 Å². The molecule has 0 saturated carbocycles. The molecule has 0 heterocycles. The van der Waals surface area contributed by atoms with E-state index in [1.807, 2.05) is 6.92 Å². The number of aliphatic carboxylic acids is 1. The van der Waals surface area contributed by atoms with Crippen LogP contribution >= 0.6 is 0 Å². The highest BCUT2D eigenvalue weighted by Crippen LogP contribution is 2.32. The van der Waals surface area contributed by atoms with Crippen molar-refractivity contribution in [2.45, 2.75) is 58.2 Å². The molecule has 0 aliphatic rings. The van der Waals surface area contributed by atoms with Crippen LogP contribution in [0.3, 0.4) is 0 Å². The first-order valence-electron chi connectivity index (χ1n) is 9.74. The van der Waals surface area contributed by atoms with Gasteiger partial charge in [0.1, 0.15) is 11.5 Å². The molecule has 1 unspecified atom stereocenters. The van der Waals surface area contributed by atoms with Gasteiger partial charge in [-0.15, -0.1) is 0 Å². The largest absolute Gasteiger partial charge is 0.493 e. The molecule has 1 N–H and O–H groups in total. The molecule has 0 aliphatic carbocycles. The molecule has 0 radical (unpaired) electrons. The average molecular weight is 447 g/mol. The molecule has 0 aliphatic heterocycles. The Morgan fingerprint density at radius 3 is 2.43 bits per heavy atom.